The zero-order valence-electron chi connectivity index (χ0n) is 9.42. The maximum Gasteiger partial charge on any atom is 0.123 e. The van der Waals surface area contributed by atoms with Gasteiger partial charge in [0.05, 0.1) is 0 Å². The summed E-state index contributed by atoms with van der Waals surface area (Å²) in [6.07, 6.45) is 3.06. The molecular formula is C13H18FNO. The van der Waals surface area contributed by atoms with Gasteiger partial charge in [-0.2, -0.15) is 0 Å². The SMILES string of the molecule is Fc1cccc(CCNC2CCOCC2)c1. The summed E-state index contributed by atoms with van der Waals surface area (Å²) in [7, 11) is 0. The predicted molar refractivity (Wildman–Crippen MR) is 61.9 cm³/mol. The normalized spacial score (nSPS) is 17.6. The molecule has 1 aromatic carbocycles. The summed E-state index contributed by atoms with van der Waals surface area (Å²) in [5.74, 6) is -0.149. The maximum atomic E-state index is 12.9. The summed E-state index contributed by atoms with van der Waals surface area (Å²) in [5, 5.41) is 3.49. The monoisotopic (exact) mass is 223 g/mol. The van der Waals surface area contributed by atoms with Gasteiger partial charge >= 0.3 is 0 Å². The summed E-state index contributed by atoms with van der Waals surface area (Å²) in [4.78, 5) is 0. The lowest BCUT2D eigenvalue weighted by Crippen LogP contribution is -2.35. The van der Waals surface area contributed by atoms with Crippen LogP contribution in [0.5, 0.6) is 0 Å². The molecule has 1 N–H and O–H groups in total. The Labute approximate surface area is 95.8 Å². The summed E-state index contributed by atoms with van der Waals surface area (Å²) in [6, 6.07) is 7.39. The van der Waals surface area contributed by atoms with Gasteiger partial charge in [-0.25, -0.2) is 4.39 Å². The minimum Gasteiger partial charge on any atom is -0.381 e. The highest BCUT2D eigenvalue weighted by Crippen LogP contribution is 2.07. The van der Waals surface area contributed by atoms with Crippen molar-refractivity contribution in [2.75, 3.05) is 19.8 Å². The van der Waals surface area contributed by atoms with Crippen molar-refractivity contribution in [3.63, 3.8) is 0 Å². The van der Waals surface area contributed by atoms with Crippen LogP contribution in [0.1, 0.15) is 18.4 Å². The summed E-state index contributed by atoms with van der Waals surface area (Å²) >= 11 is 0. The van der Waals surface area contributed by atoms with Crippen LogP contribution in [0.4, 0.5) is 4.39 Å². The highest BCUT2D eigenvalue weighted by Gasteiger charge is 2.12. The van der Waals surface area contributed by atoms with Crippen molar-refractivity contribution in [3.8, 4) is 0 Å². The van der Waals surface area contributed by atoms with Gasteiger partial charge in [0.2, 0.25) is 0 Å². The fraction of sp³-hybridized carbons (Fsp3) is 0.538. The molecule has 1 fully saturated rings. The molecule has 0 unspecified atom stereocenters. The fourth-order valence-electron chi connectivity index (χ4n) is 2.01. The van der Waals surface area contributed by atoms with Crippen molar-refractivity contribution in [1.29, 1.82) is 0 Å². The molecule has 0 aliphatic carbocycles. The Morgan fingerprint density at radius 2 is 2.12 bits per heavy atom. The molecule has 1 heterocycles. The predicted octanol–water partition coefficient (Wildman–Crippen LogP) is 2.14. The molecule has 0 aromatic heterocycles. The van der Waals surface area contributed by atoms with Crippen molar-refractivity contribution >= 4 is 0 Å². The standard InChI is InChI=1S/C13H18FNO/c14-12-3-1-2-11(10-12)4-7-15-13-5-8-16-9-6-13/h1-3,10,13,15H,4-9H2. The van der Waals surface area contributed by atoms with Crippen LogP contribution in [-0.4, -0.2) is 25.8 Å². The van der Waals surface area contributed by atoms with Gasteiger partial charge < -0.3 is 10.1 Å². The lowest BCUT2D eigenvalue weighted by atomic mass is 10.1. The molecule has 16 heavy (non-hydrogen) atoms. The number of hydrogen-bond acceptors (Lipinski definition) is 2. The topological polar surface area (TPSA) is 21.3 Å². The van der Waals surface area contributed by atoms with Crippen LogP contribution in [-0.2, 0) is 11.2 Å². The molecule has 0 bridgehead atoms. The van der Waals surface area contributed by atoms with Crippen molar-refractivity contribution in [3.05, 3.63) is 35.6 Å². The minimum atomic E-state index is -0.149. The molecular weight excluding hydrogens is 205 g/mol. The molecule has 1 saturated heterocycles. The summed E-state index contributed by atoms with van der Waals surface area (Å²) in [6.45, 7) is 2.63. The highest BCUT2D eigenvalue weighted by molar-refractivity contribution is 5.16. The average Bonchev–Trinajstić information content (AvgIpc) is 2.30. The van der Waals surface area contributed by atoms with E-state index in [2.05, 4.69) is 5.32 Å². The Kier molecular flexibility index (Phi) is 4.31. The van der Waals surface area contributed by atoms with E-state index in [0.29, 0.717) is 6.04 Å². The first-order valence-corrected chi connectivity index (χ1v) is 5.90. The number of nitrogens with one attached hydrogen (secondary N) is 1. The van der Waals surface area contributed by atoms with Gasteiger partial charge in [-0.1, -0.05) is 12.1 Å². The van der Waals surface area contributed by atoms with Gasteiger partial charge in [0, 0.05) is 19.3 Å². The van der Waals surface area contributed by atoms with E-state index >= 15 is 0 Å². The molecule has 0 radical (unpaired) electrons. The maximum absolute atomic E-state index is 12.9. The minimum absolute atomic E-state index is 0.149. The van der Waals surface area contributed by atoms with Gasteiger partial charge in [0.1, 0.15) is 5.82 Å². The van der Waals surface area contributed by atoms with E-state index in [0.717, 1.165) is 44.6 Å². The fourth-order valence-corrected chi connectivity index (χ4v) is 2.01. The van der Waals surface area contributed by atoms with Gasteiger partial charge in [-0.15, -0.1) is 0 Å². The van der Waals surface area contributed by atoms with Crippen LogP contribution in [0.3, 0.4) is 0 Å². The third-order valence-electron chi connectivity index (χ3n) is 2.96. The molecule has 0 atom stereocenters. The van der Waals surface area contributed by atoms with Crippen LogP contribution in [0, 0.1) is 5.82 Å². The van der Waals surface area contributed by atoms with Crippen molar-refractivity contribution in [1.82, 2.24) is 5.32 Å². The first-order chi connectivity index (χ1) is 7.84. The second kappa shape index (κ2) is 5.97. The Morgan fingerprint density at radius 1 is 1.31 bits per heavy atom. The molecule has 2 rings (SSSR count). The van der Waals surface area contributed by atoms with E-state index in [9.17, 15) is 4.39 Å². The molecule has 0 saturated carbocycles. The lowest BCUT2D eigenvalue weighted by molar-refractivity contribution is 0.0782. The van der Waals surface area contributed by atoms with Crippen LogP contribution in [0.15, 0.2) is 24.3 Å². The first kappa shape index (κ1) is 11.6. The number of benzene rings is 1. The Balaban J connectivity index is 1.71. The van der Waals surface area contributed by atoms with Crippen LogP contribution in [0.2, 0.25) is 0 Å². The molecule has 1 aliphatic heterocycles. The molecule has 0 amide bonds. The average molecular weight is 223 g/mol. The second-order valence-electron chi connectivity index (χ2n) is 4.22. The van der Waals surface area contributed by atoms with Gasteiger partial charge in [-0.05, 0) is 43.5 Å². The first-order valence-electron chi connectivity index (χ1n) is 5.90. The highest BCUT2D eigenvalue weighted by atomic mass is 19.1. The zero-order valence-corrected chi connectivity index (χ0v) is 9.42. The Bertz CT molecular complexity index is 323. The number of hydrogen-bond donors (Lipinski definition) is 1. The molecule has 1 aliphatic rings. The van der Waals surface area contributed by atoms with E-state index in [-0.39, 0.29) is 5.82 Å². The quantitative estimate of drug-likeness (QED) is 0.844. The van der Waals surface area contributed by atoms with Crippen molar-refractivity contribution in [2.24, 2.45) is 0 Å². The number of halogens is 1. The largest absolute Gasteiger partial charge is 0.381 e. The summed E-state index contributed by atoms with van der Waals surface area (Å²) in [5.41, 5.74) is 1.06. The number of ether oxygens (including phenoxy) is 1. The summed E-state index contributed by atoms with van der Waals surface area (Å²) < 4.78 is 18.2. The van der Waals surface area contributed by atoms with Crippen molar-refractivity contribution < 1.29 is 9.13 Å². The molecule has 3 heteroatoms. The Morgan fingerprint density at radius 3 is 2.88 bits per heavy atom. The van der Waals surface area contributed by atoms with Crippen LogP contribution in [0.25, 0.3) is 0 Å². The smallest absolute Gasteiger partial charge is 0.123 e. The molecule has 1 aromatic rings. The van der Waals surface area contributed by atoms with Gasteiger partial charge in [0.15, 0.2) is 0 Å². The Hall–Kier alpha value is -0.930. The second-order valence-corrected chi connectivity index (χ2v) is 4.22. The third-order valence-corrected chi connectivity index (χ3v) is 2.96. The van der Waals surface area contributed by atoms with E-state index in [1.807, 2.05) is 6.07 Å². The zero-order chi connectivity index (χ0) is 11.2. The van der Waals surface area contributed by atoms with E-state index in [1.165, 1.54) is 6.07 Å². The van der Waals surface area contributed by atoms with Gasteiger partial charge in [-0.3, -0.25) is 0 Å². The molecule has 0 spiro atoms. The lowest BCUT2D eigenvalue weighted by Gasteiger charge is -2.23. The van der Waals surface area contributed by atoms with Crippen LogP contribution >= 0.6 is 0 Å². The third kappa shape index (κ3) is 3.58. The van der Waals surface area contributed by atoms with E-state index < -0.39 is 0 Å². The molecule has 2 nitrogen and oxygen atoms in total. The van der Waals surface area contributed by atoms with Crippen LogP contribution < -0.4 is 5.32 Å². The van der Waals surface area contributed by atoms with Crippen molar-refractivity contribution in [2.45, 2.75) is 25.3 Å². The van der Waals surface area contributed by atoms with Gasteiger partial charge in [0.25, 0.3) is 0 Å². The number of rotatable bonds is 4. The van der Waals surface area contributed by atoms with E-state index in [4.69, 9.17) is 4.74 Å². The molecule has 88 valence electrons. The van der Waals surface area contributed by atoms with E-state index in [1.54, 1.807) is 12.1 Å².